The van der Waals surface area contributed by atoms with Gasteiger partial charge in [-0.15, -0.1) is 13.2 Å². The second-order valence-electron chi connectivity index (χ2n) is 5.04. The monoisotopic (exact) mass is 310 g/mol. The summed E-state index contributed by atoms with van der Waals surface area (Å²) in [5.74, 6) is -0.181. The van der Waals surface area contributed by atoms with Crippen LogP contribution in [-0.4, -0.2) is 6.36 Å². The maximum atomic E-state index is 12.1. The van der Waals surface area contributed by atoms with Crippen LogP contribution in [-0.2, 0) is 6.42 Å². The Bertz CT molecular complexity index is 394. The zero-order valence-electron chi connectivity index (χ0n) is 9.86. The van der Waals surface area contributed by atoms with E-state index in [2.05, 4.69) is 20.7 Å². The molecule has 0 fully saturated rings. The smallest absolute Gasteiger partial charge is 0.406 e. The first-order valence-electron chi connectivity index (χ1n) is 5.11. The fourth-order valence-electron chi connectivity index (χ4n) is 1.46. The van der Waals surface area contributed by atoms with Crippen LogP contribution < -0.4 is 4.74 Å². The molecule has 0 radical (unpaired) electrons. The average molecular weight is 311 g/mol. The van der Waals surface area contributed by atoms with Crippen molar-refractivity contribution >= 4 is 15.9 Å². The van der Waals surface area contributed by atoms with Crippen LogP contribution in [0, 0.1) is 5.41 Å². The first-order valence-corrected chi connectivity index (χ1v) is 5.90. The van der Waals surface area contributed by atoms with Gasteiger partial charge >= 0.3 is 6.36 Å². The normalized spacial score (nSPS) is 12.6. The lowest BCUT2D eigenvalue weighted by Gasteiger charge is -2.20. The zero-order chi connectivity index (χ0) is 13.3. The minimum absolute atomic E-state index is 0.000619. The molecule has 0 amide bonds. The van der Waals surface area contributed by atoms with Crippen molar-refractivity contribution in [3.8, 4) is 5.75 Å². The number of benzene rings is 1. The molecule has 0 bridgehead atoms. The fourth-order valence-corrected chi connectivity index (χ4v) is 1.84. The van der Waals surface area contributed by atoms with Crippen LogP contribution in [0.1, 0.15) is 26.3 Å². The van der Waals surface area contributed by atoms with E-state index in [1.54, 1.807) is 6.07 Å². The Morgan fingerprint density at radius 2 is 1.76 bits per heavy atom. The second-order valence-corrected chi connectivity index (χ2v) is 5.89. The Morgan fingerprint density at radius 1 is 1.18 bits per heavy atom. The SMILES string of the molecule is CC(C)(C)Cc1cc(OC(F)(F)F)ccc1Br. The van der Waals surface area contributed by atoms with E-state index in [1.165, 1.54) is 12.1 Å². The Balaban J connectivity index is 2.95. The molecule has 0 atom stereocenters. The third-order valence-electron chi connectivity index (χ3n) is 1.97. The Labute approximate surface area is 107 Å². The minimum atomic E-state index is -4.65. The first-order chi connectivity index (χ1) is 7.57. The summed E-state index contributed by atoms with van der Waals surface area (Å²) >= 11 is 3.33. The van der Waals surface area contributed by atoms with Crippen LogP contribution in [0.5, 0.6) is 5.75 Å². The number of alkyl halides is 3. The van der Waals surface area contributed by atoms with E-state index in [-0.39, 0.29) is 11.2 Å². The summed E-state index contributed by atoms with van der Waals surface area (Å²) in [5.41, 5.74) is 0.804. The standard InChI is InChI=1S/C12H14BrF3O/c1-11(2,3)7-8-6-9(4-5-10(8)13)17-12(14,15)16/h4-6H,7H2,1-3H3. The van der Waals surface area contributed by atoms with Crippen LogP contribution >= 0.6 is 15.9 Å². The molecule has 5 heteroatoms. The predicted octanol–water partition coefficient (Wildman–Crippen LogP) is 4.94. The van der Waals surface area contributed by atoms with Gasteiger partial charge in [-0.3, -0.25) is 0 Å². The van der Waals surface area contributed by atoms with Gasteiger partial charge in [0.15, 0.2) is 0 Å². The van der Waals surface area contributed by atoms with E-state index < -0.39 is 6.36 Å². The van der Waals surface area contributed by atoms with E-state index >= 15 is 0 Å². The highest BCUT2D eigenvalue weighted by Crippen LogP contribution is 2.31. The molecular weight excluding hydrogens is 297 g/mol. The second kappa shape index (κ2) is 4.88. The van der Waals surface area contributed by atoms with Crippen LogP contribution in [0.3, 0.4) is 0 Å². The molecule has 96 valence electrons. The minimum Gasteiger partial charge on any atom is -0.406 e. The lowest BCUT2D eigenvalue weighted by Crippen LogP contribution is -2.17. The molecular formula is C12H14BrF3O. The summed E-state index contributed by atoms with van der Waals surface area (Å²) in [4.78, 5) is 0. The van der Waals surface area contributed by atoms with Crippen LogP contribution in [0.25, 0.3) is 0 Å². The van der Waals surface area contributed by atoms with Gasteiger partial charge in [-0.1, -0.05) is 36.7 Å². The van der Waals surface area contributed by atoms with Crippen molar-refractivity contribution in [1.29, 1.82) is 0 Å². The third-order valence-corrected chi connectivity index (χ3v) is 2.75. The molecule has 0 heterocycles. The summed E-state index contributed by atoms with van der Waals surface area (Å²) in [6.45, 7) is 6.07. The third kappa shape index (κ3) is 5.44. The molecule has 0 saturated heterocycles. The zero-order valence-corrected chi connectivity index (χ0v) is 11.4. The van der Waals surface area contributed by atoms with E-state index in [1.807, 2.05) is 20.8 Å². The highest BCUT2D eigenvalue weighted by Gasteiger charge is 2.31. The van der Waals surface area contributed by atoms with Gasteiger partial charge in [-0.05, 0) is 35.6 Å². The van der Waals surface area contributed by atoms with Gasteiger partial charge in [0.05, 0.1) is 0 Å². The summed E-state index contributed by atoms with van der Waals surface area (Å²) in [5, 5.41) is 0. The number of ether oxygens (including phenoxy) is 1. The topological polar surface area (TPSA) is 9.23 Å². The molecule has 0 saturated carbocycles. The van der Waals surface area contributed by atoms with Crippen molar-refractivity contribution in [2.45, 2.75) is 33.6 Å². The molecule has 0 N–H and O–H groups in total. The summed E-state index contributed by atoms with van der Waals surface area (Å²) in [7, 11) is 0. The van der Waals surface area contributed by atoms with Crippen LogP contribution in [0.4, 0.5) is 13.2 Å². The largest absolute Gasteiger partial charge is 0.573 e. The van der Waals surface area contributed by atoms with Gasteiger partial charge < -0.3 is 4.74 Å². The summed E-state index contributed by atoms with van der Waals surface area (Å²) < 4.78 is 40.9. The highest BCUT2D eigenvalue weighted by atomic mass is 79.9. The lowest BCUT2D eigenvalue weighted by molar-refractivity contribution is -0.274. The van der Waals surface area contributed by atoms with Crippen molar-refractivity contribution in [3.05, 3.63) is 28.2 Å². The fraction of sp³-hybridized carbons (Fsp3) is 0.500. The number of hydrogen-bond donors (Lipinski definition) is 0. The van der Waals surface area contributed by atoms with Crippen molar-refractivity contribution < 1.29 is 17.9 Å². The average Bonchev–Trinajstić information content (AvgIpc) is 2.05. The van der Waals surface area contributed by atoms with Gasteiger partial charge in [0, 0.05) is 4.47 Å². The molecule has 0 aliphatic heterocycles. The Kier molecular flexibility index (Phi) is 4.12. The number of halogens is 4. The van der Waals surface area contributed by atoms with E-state index in [4.69, 9.17) is 0 Å². The molecule has 0 aliphatic carbocycles. The Morgan fingerprint density at radius 3 is 2.24 bits per heavy atom. The molecule has 1 aromatic rings. The number of rotatable bonds is 2. The van der Waals surface area contributed by atoms with Gasteiger partial charge in [-0.25, -0.2) is 0 Å². The maximum Gasteiger partial charge on any atom is 0.573 e. The van der Waals surface area contributed by atoms with E-state index in [0.717, 1.165) is 10.0 Å². The van der Waals surface area contributed by atoms with Gasteiger partial charge in [0.25, 0.3) is 0 Å². The molecule has 17 heavy (non-hydrogen) atoms. The van der Waals surface area contributed by atoms with Gasteiger partial charge in [0.1, 0.15) is 5.75 Å². The van der Waals surface area contributed by atoms with E-state index in [9.17, 15) is 13.2 Å². The van der Waals surface area contributed by atoms with E-state index in [0.29, 0.717) is 6.42 Å². The van der Waals surface area contributed by atoms with Crippen molar-refractivity contribution in [2.24, 2.45) is 5.41 Å². The highest BCUT2D eigenvalue weighted by molar-refractivity contribution is 9.10. The molecule has 0 aliphatic rings. The predicted molar refractivity (Wildman–Crippen MR) is 64.0 cm³/mol. The lowest BCUT2D eigenvalue weighted by atomic mass is 9.88. The van der Waals surface area contributed by atoms with Crippen LogP contribution in [0.15, 0.2) is 22.7 Å². The first kappa shape index (κ1) is 14.4. The van der Waals surface area contributed by atoms with Gasteiger partial charge in [-0.2, -0.15) is 0 Å². The molecule has 0 unspecified atom stereocenters. The molecule has 0 spiro atoms. The van der Waals surface area contributed by atoms with Crippen molar-refractivity contribution in [1.82, 2.24) is 0 Å². The molecule has 0 aromatic heterocycles. The number of hydrogen-bond acceptors (Lipinski definition) is 1. The quantitative estimate of drug-likeness (QED) is 0.752. The van der Waals surface area contributed by atoms with Crippen LogP contribution in [0.2, 0.25) is 0 Å². The van der Waals surface area contributed by atoms with Crippen molar-refractivity contribution in [2.75, 3.05) is 0 Å². The molecule has 1 aromatic carbocycles. The summed E-state index contributed by atoms with van der Waals surface area (Å²) in [6.07, 6.45) is -3.98. The maximum absolute atomic E-state index is 12.1. The molecule has 1 nitrogen and oxygen atoms in total. The van der Waals surface area contributed by atoms with Crippen molar-refractivity contribution in [3.63, 3.8) is 0 Å². The summed E-state index contributed by atoms with van der Waals surface area (Å²) in [6, 6.07) is 4.29. The van der Waals surface area contributed by atoms with Gasteiger partial charge in [0.2, 0.25) is 0 Å². The molecule has 1 rings (SSSR count). The Hall–Kier alpha value is -0.710.